The Morgan fingerprint density at radius 3 is 2.20 bits per heavy atom. The SMILES string of the molecule is Cc1ccc(N2CCC(NS(=O)(=O)C3CC3)CC2)cc1. The topological polar surface area (TPSA) is 49.4 Å². The highest BCUT2D eigenvalue weighted by molar-refractivity contribution is 7.90. The molecule has 1 aromatic rings. The Morgan fingerprint density at radius 2 is 1.65 bits per heavy atom. The van der Waals surface area contributed by atoms with Gasteiger partial charge in [0.1, 0.15) is 0 Å². The first-order chi connectivity index (χ1) is 9.54. The van der Waals surface area contributed by atoms with Crippen LogP contribution >= 0.6 is 0 Å². The average Bonchev–Trinajstić information content (AvgIpc) is 3.25. The summed E-state index contributed by atoms with van der Waals surface area (Å²) in [6.45, 7) is 3.92. The first-order valence-corrected chi connectivity index (χ1v) is 8.92. The van der Waals surface area contributed by atoms with Gasteiger partial charge in [-0.1, -0.05) is 17.7 Å². The molecule has 0 bridgehead atoms. The van der Waals surface area contributed by atoms with E-state index in [2.05, 4.69) is 40.8 Å². The fraction of sp³-hybridized carbons (Fsp3) is 0.600. The number of benzene rings is 1. The lowest BCUT2D eigenvalue weighted by Gasteiger charge is -2.33. The second-order valence-electron chi connectivity index (χ2n) is 5.96. The highest BCUT2D eigenvalue weighted by Gasteiger charge is 2.37. The van der Waals surface area contributed by atoms with Crippen molar-refractivity contribution in [3.8, 4) is 0 Å². The molecular formula is C15H22N2O2S. The third-order valence-electron chi connectivity index (χ3n) is 4.19. The number of aryl methyl sites for hydroxylation is 1. The minimum Gasteiger partial charge on any atom is -0.371 e. The van der Waals surface area contributed by atoms with Gasteiger partial charge < -0.3 is 4.90 Å². The van der Waals surface area contributed by atoms with Crippen molar-refractivity contribution in [1.82, 2.24) is 4.72 Å². The summed E-state index contributed by atoms with van der Waals surface area (Å²) in [6.07, 6.45) is 3.44. The van der Waals surface area contributed by atoms with Crippen molar-refractivity contribution in [2.45, 2.75) is 43.9 Å². The predicted molar refractivity (Wildman–Crippen MR) is 81.5 cm³/mol. The van der Waals surface area contributed by atoms with Gasteiger partial charge in [-0.2, -0.15) is 0 Å². The van der Waals surface area contributed by atoms with E-state index in [0.29, 0.717) is 0 Å². The van der Waals surface area contributed by atoms with E-state index in [1.165, 1.54) is 11.3 Å². The van der Waals surface area contributed by atoms with Gasteiger partial charge in [0.15, 0.2) is 0 Å². The van der Waals surface area contributed by atoms with E-state index in [0.717, 1.165) is 38.8 Å². The fourth-order valence-electron chi connectivity index (χ4n) is 2.72. The van der Waals surface area contributed by atoms with E-state index >= 15 is 0 Å². The minimum absolute atomic E-state index is 0.113. The van der Waals surface area contributed by atoms with Gasteiger partial charge in [0.05, 0.1) is 5.25 Å². The van der Waals surface area contributed by atoms with E-state index in [4.69, 9.17) is 0 Å². The molecule has 1 N–H and O–H groups in total. The number of nitrogens with one attached hydrogen (secondary N) is 1. The third-order valence-corrected chi connectivity index (χ3v) is 6.20. The molecular weight excluding hydrogens is 272 g/mol. The number of hydrogen-bond donors (Lipinski definition) is 1. The Labute approximate surface area is 121 Å². The summed E-state index contributed by atoms with van der Waals surface area (Å²) in [5.41, 5.74) is 2.50. The lowest BCUT2D eigenvalue weighted by atomic mass is 10.1. The number of sulfonamides is 1. The van der Waals surface area contributed by atoms with Crippen LogP contribution in [0.1, 0.15) is 31.2 Å². The molecule has 110 valence electrons. The molecule has 1 aliphatic heterocycles. The Kier molecular flexibility index (Phi) is 3.73. The maximum atomic E-state index is 11.9. The average molecular weight is 294 g/mol. The molecule has 0 spiro atoms. The van der Waals surface area contributed by atoms with Crippen molar-refractivity contribution in [2.75, 3.05) is 18.0 Å². The van der Waals surface area contributed by atoms with Gasteiger partial charge in [0.2, 0.25) is 10.0 Å². The number of rotatable bonds is 4. The van der Waals surface area contributed by atoms with Crippen LogP contribution in [0.5, 0.6) is 0 Å². The van der Waals surface area contributed by atoms with E-state index in [1.54, 1.807) is 0 Å². The number of hydrogen-bond acceptors (Lipinski definition) is 3. The van der Waals surface area contributed by atoms with Crippen LogP contribution in [-0.2, 0) is 10.0 Å². The zero-order chi connectivity index (χ0) is 14.2. The number of piperidine rings is 1. The van der Waals surface area contributed by atoms with Crippen molar-refractivity contribution in [2.24, 2.45) is 0 Å². The van der Waals surface area contributed by atoms with Crippen LogP contribution in [0.15, 0.2) is 24.3 Å². The molecule has 0 amide bonds. The molecule has 3 rings (SSSR count). The lowest BCUT2D eigenvalue weighted by molar-refractivity contribution is 0.459. The molecule has 2 aliphatic rings. The maximum Gasteiger partial charge on any atom is 0.214 e. The highest BCUT2D eigenvalue weighted by atomic mass is 32.2. The van der Waals surface area contributed by atoms with E-state index in [1.807, 2.05) is 0 Å². The van der Waals surface area contributed by atoms with Crippen LogP contribution in [0, 0.1) is 6.92 Å². The lowest BCUT2D eigenvalue weighted by Crippen LogP contribution is -2.45. The Hall–Kier alpha value is -1.07. The van der Waals surface area contributed by atoms with Gasteiger partial charge in [-0.05, 0) is 44.7 Å². The molecule has 4 nitrogen and oxygen atoms in total. The van der Waals surface area contributed by atoms with E-state index < -0.39 is 10.0 Å². The van der Waals surface area contributed by atoms with Crippen molar-refractivity contribution in [1.29, 1.82) is 0 Å². The molecule has 2 fully saturated rings. The van der Waals surface area contributed by atoms with Crippen molar-refractivity contribution in [3.63, 3.8) is 0 Å². The molecule has 0 radical (unpaired) electrons. The van der Waals surface area contributed by atoms with Crippen LogP contribution in [0.3, 0.4) is 0 Å². The smallest absolute Gasteiger partial charge is 0.214 e. The van der Waals surface area contributed by atoms with E-state index in [9.17, 15) is 8.42 Å². The van der Waals surface area contributed by atoms with Crippen molar-refractivity contribution in [3.05, 3.63) is 29.8 Å². The Bertz CT molecular complexity index is 556. The molecule has 20 heavy (non-hydrogen) atoms. The van der Waals surface area contributed by atoms with Crippen molar-refractivity contribution >= 4 is 15.7 Å². The van der Waals surface area contributed by atoms with Crippen LogP contribution < -0.4 is 9.62 Å². The summed E-state index contributed by atoms with van der Waals surface area (Å²) < 4.78 is 26.7. The number of anilines is 1. The standard InChI is InChI=1S/C15H22N2O2S/c1-12-2-4-14(5-3-12)17-10-8-13(9-11-17)16-20(18,19)15-6-7-15/h2-5,13,15-16H,6-11H2,1H3. The summed E-state index contributed by atoms with van der Waals surface area (Å²) in [6, 6.07) is 8.64. The van der Waals surface area contributed by atoms with Crippen LogP contribution in [0.4, 0.5) is 5.69 Å². The summed E-state index contributed by atoms with van der Waals surface area (Å²) in [7, 11) is -3.04. The van der Waals surface area contributed by atoms with Crippen LogP contribution in [0.2, 0.25) is 0 Å². The summed E-state index contributed by atoms with van der Waals surface area (Å²) >= 11 is 0. The summed E-state index contributed by atoms with van der Waals surface area (Å²) in [4.78, 5) is 2.33. The molecule has 1 saturated heterocycles. The molecule has 0 atom stereocenters. The van der Waals surface area contributed by atoms with Gasteiger partial charge >= 0.3 is 0 Å². The van der Waals surface area contributed by atoms with E-state index in [-0.39, 0.29) is 11.3 Å². The fourth-order valence-corrected chi connectivity index (χ4v) is 4.37. The molecule has 1 heterocycles. The van der Waals surface area contributed by atoms with Crippen LogP contribution in [0.25, 0.3) is 0 Å². The molecule has 0 aromatic heterocycles. The largest absolute Gasteiger partial charge is 0.371 e. The Balaban J connectivity index is 1.55. The molecule has 5 heteroatoms. The molecule has 1 saturated carbocycles. The monoisotopic (exact) mass is 294 g/mol. The molecule has 0 unspecified atom stereocenters. The van der Waals surface area contributed by atoms with Gasteiger partial charge in [-0.25, -0.2) is 13.1 Å². The zero-order valence-corrected chi connectivity index (χ0v) is 12.7. The first-order valence-electron chi connectivity index (χ1n) is 7.37. The Morgan fingerprint density at radius 1 is 1.05 bits per heavy atom. The van der Waals surface area contributed by atoms with Gasteiger partial charge in [-0.3, -0.25) is 0 Å². The maximum absolute atomic E-state index is 11.9. The molecule has 1 aliphatic carbocycles. The van der Waals surface area contributed by atoms with Crippen LogP contribution in [-0.4, -0.2) is 32.8 Å². The minimum atomic E-state index is -3.04. The first kappa shape index (κ1) is 13.9. The summed E-state index contributed by atoms with van der Waals surface area (Å²) in [5.74, 6) is 0. The quantitative estimate of drug-likeness (QED) is 0.924. The molecule has 1 aromatic carbocycles. The normalized spacial score (nSPS) is 21.1. The second-order valence-corrected chi connectivity index (χ2v) is 7.95. The van der Waals surface area contributed by atoms with Gasteiger partial charge in [0.25, 0.3) is 0 Å². The van der Waals surface area contributed by atoms with Gasteiger partial charge in [-0.15, -0.1) is 0 Å². The third kappa shape index (κ3) is 3.15. The zero-order valence-electron chi connectivity index (χ0n) is 11.9. The summed E-state index contributed by atoms with van der Waals surface area (Å²) in [5, 5.41) is -0.113. The predicted octanol–water partition coefficient (Wildman–Crippen LogP) is 2.05. The second kappa shape index (κ2) is 5.37. The van der Waals surface area contributed by atoms with Crippen molar-refractivity contribution < 1.29 is 8.42 Å². The van der Waals surface area contributed by atoms with Gasteiger partial charge in [0, 0.05) is 24.8 Å². The number of nitrogens with zero attached hydrogens (tertiary/aromatic N) is 1. The highest BCUT2D eigenvalue weighted by Crippen LogP contribution is 2.28.